The van der Waals surface area contributed by atoms with E-state index in [9.17, 15) is 14.7 Å². The second kappa shape index (κ2) is 6.34. The molecule has 2 heterocycles. The van der Waals surface area contributed by atoms with E-state index in [0.717, 1.165) is 37.8 Å². The smallest absolute Gasteiger partial charge is 0.326 e. The molecule has 2 fully saturated rings. The molecule has 126 valence electrons. The number of hydrogen-bond acceptors (Lipinski definition) is 4. The molecule has 6 heteroatoms. The van der Waals surface area contributed by atoms with Crippen LogP contribution in [0.4, 0.5) is 0 Å². The van der Waals surface area contributed by atoms with Crippen LogP contribution in [-0.2, 0) is 4.79 Å². The minimum Gasteiger partial charge on any atom is -0.480 e. The van der Waals surface area contributed by atoms with Gasteiger partial charge < -0.3 is 14.5 Å². The van der Waals surface area contributed by atoms with E-state index in [0.29, 0.717) is 12.3 Å². The van der Waals surface area contributed by atoms with E-state index >= 15 is 0 Å². The standard InChI is InChI=1S/C17H24N2O4/c1-3-10(2)12-9-15(23-18-12)16(20)19-13-7-5-4-6-11(13)8-14(19)17(21)22/h9-11,13-14H,3-8H2,1-2H3,(H,21,22)/t10-,11+,13+,14-/m0/s1. The van der Waals surface area contributed by atoms with Crippen molar-refractivity contribution < 1.29 is 19.2 Å². The summed E-state index contributed by atoms with van der Waals surface area (Å²) in [6, 6.07) is 0.952. The fraction of sp³-hybridized carbons (Fsp3) is 0.706. The molecular weight excluding hydrogens is 296 g/mol. The van der Waals surface area contributed by atoms with E-state index in [1.807, 2.05) is 13.8 Å². The van der Waals surface area contributed by atoms with Crippen molar-refractivity contribution in [3.8, 4) is 0 Å². The number of amides is 1. The number of carboxylic acids is 1. The van der Waals surface area contributed by atoms with Crippen LogP contribution in [0, 0.1) is 5.92 Å². The molecule has 6 nitrogen and oxygen atoms in total. The third kappa shape index (κ3) is 2.86. The maximum absolute atomic E-state index is 12.9. The lowest BCUT2D eigenvalue weighted by atomic mass is 9.84. The highest BCUT2D eigenvalue weighted by atomic mass is 16.5. The van der Waals surface area contributed by atoms with Crippen LogP contribution in [0.3, 0.4) is 0 Å². The molecule has 1 amide bonds. The number of carbonyl (C=O) groups is 2. The predicted molar refractivity (Wildman–Crippen MR) is 83.2 cm³/mol. The third-order valence-electron chi connectivity index (χ3n) is 5.46. The second-order valence-corrected chi connectivity index (χ2v) is 6.84. The minimum atomic E-state index is -0.922. The van der Waals surface area contributed by atoms with Crippen molar-refractivity contribution in [1.82, 2.24) is 10.1 Å². The zero-order valence-electron chi connectivity index (χ0n) is 13.7. The lowest BCUT2D eigenvalue weighted by Gasteiger charge is -2.32. The van der Waals surface area contributed by atoms with E-state index < -0.39 is 12.0 Å². The molecule has 4 atom stereocenters. The molecule has 1 aromatic rings. The fourth-order valence-corrected chi connectivity index (χ4v) is 3.93. The summed E-state index contributed by atoms with van der Waals surface area (Å²) in [6.45, 7) is 4.08. The molecule has 0 aromatic carbocycles. The molecule has 2 aliphatic rings. The van der Waals surface area contributed by atoms with E-state index in [1.165, 1.54) is 0 Å². The lowest BCUT2D eigenvalue weighted by Crippen LogP contribution is -2.46. The van der Waals surface area contributed by atoms with Crippen LogP contribution < -0.4 is 0 Å². The SMILES string of the molecule is CC[C@H](C)c1cc(C(=O)N2[C@@H]3CCCC[C@@H]3C[C@H]2C(=O)O)on1. The molecule has 1 saturated carbocycles. The maximum atomic E-state index is 12.9. The van der Waals surface area contributed by atoms with Crippen molar-refractivity contribution in [2.24, 2.45) is 5.92 Å². The number of fused-ring (bicyclic) bond motifs is 1. The molecule has 0 spiro atoms. The number of carboxylic acid groups (broad SMARTS) is 1. The summed E-state index contributed by atoms with van der Waals surface area (Å²) in [6.07, 6.45) is 5.52. The predicted octanol–water partition coefficient (Wildman–Crippen LogP) is 3.05. The molecule has 1 aromatic heterocycles. The number of hydrogen-bond donors (Lipinski definition) is 1. The third-order valence-corrected chi connectivity index (χ3v) is 5.46. The van der Waals surface area contributed by atoms with Crippen LogP contribution in [0.15, 0.2) is 10.6 Å². The van der Waals surface area contributed by atoms with Gasteiger partial charge in [0.05, 0.1) is 5.69 Å². The van der Waals surface area contributed by atoms with E-state index in [2.05, 4.69) is 5.16 Å². The molecule has 23 heavy (non-hydrogen) atoms. The van der Waals surface area contributed by atoms with Crippen molar-refractivity contribution in [2.45, 2.75) is 70.4 Å². The molecule has 0 bridgehead atoms. The first kappa shape index (κ1) is 16.0. The van der Waals surface area contributed by atoms with Crippen LogP contribution in [0.2, 0.25) is 0 Å². The number of likely N-dealkylation sites (tertiary alicyclic amines) is 1. The molecule has 1 aliphatic carbocycles. The van der Waals surface area contributed by atoms with Gasteiger partial charge in [-0.2, -0.15) is 0 Å². The molecule has 1 aliphatic heterocycles. The number of aliphatic carboxylic acids is 1. The monoisotopic (exact) mass is 320 g/mol. The van der Waals surface area contributed by atoms with Gasteiger partial charge >= 0.3 is 5.97 Å². The van der Waals surface area contributed by atoms with Gasteiger partial charge in [0, 0.05) is 18.0 Å². The molecule has 0 unspecified atom stereocenters. The molecular formula is C17H24N2O4. The first-order valence-corrected chi connectivity index (χ1v) is 8.55. The largest absolute Gasteiger partial charge is 0.480 e. The highest BCUT2D eigenvalue weighted by Gasteiger charge is 2.48. The van der Waals surface area contributed by atoms with E-state index in [4.69, 9.17) is 4.52 Å². The van der Waals surface area contributed by atoms with Crippen molar-refractivity contribution in [2.75, 3.05) is 0 Å². The summed E-state index contributed by atoms with van der Waals surface area (Å²) in [7, 11) is 0. The molecule has 1 N–H and O–H groups in total. The van der Waals surface area contributed by atoms with E-state index in [1.54, 1.807) is 11.0 Å². The van der Waals surface area contributed by atoms with Crippen molar-refractivity contribution in [1.29, 1.82) is 0 Å². The summed E-state index contributed by atoms with van der Waals surface area (Å²) in [5.74, 6) is -0.566. The van der Waals surface area contributed by atoms with Gasteiger partial charge in [0.2, 0.25) is 5.76 Å². The molecule has 3 rings (SSSR count). The van der Waals surface area contributed by atoms with Gasteiger partial charge in [-0.05, 0) is 31.6 Å². The van der Waals surface area contributed by atoms with Crippen LogP contribution in [0.25, 0.3) is 0 Å². The Morgan fingerprint density at radius 1 is 1.43 bits per heavy atom. The van der Waals surface area contributed by atoms with Gasteiger partial charge in [-0.15, -0.1) is 0 Å². The first-order chi connectivity index (χ1) is 11.0. The Hall–Kier alpha value is -1.85. The highest BCUT2D eigenvalue weighted by molar-refractivity contribution is 5.95. The van der Waals surface area contributed by atoms with Crippen molar-refractivity contribution >= 4 is 11.9 Å². The van der Waals surface area contributed by atoms with Crippen molar-refractivity contribution in [3.63, 3.8) is 0 Å². The zero-order chi connectivity index (χ0) is 16.6. The quantitative estimate of drug-likeness (QED) is 0.922. The topological polar surface area (TPSA) is 83.6 Å². The van der Waals surface area contributed by atoms with Gasteiger partial charge in [0.25, 0.3) is 5.91 Å². The summed E-state index contributed by atoms with van der Waals surface area (Å²) < 4.78 is 5.24. The van der Waals surface area contributed by atoms with Gasteiger partial charge in [-0.3, -0.25) is 4.79 Å². The Balaban J connectivity index is 1.86. The second-order valence-electron chi connectivity index (χ2n) is 6.84. The summed E-state index contributed by atoms with van der Waals surface area (Å²) in [4.78, 5) is 26.0. The zero-order valence-corrected chi connectivity index (χ0v) is 13.7. The van der Waals surface area contributed by atoms with Crippen LogP contribution in [-0.4, -0.2) is 39.1 Å². The van der Waals surface area contributed by atoms with Gasteiger partial charge in [0.1, 0.15) is 6.04 Å². The number of carbonyl (C=O) groups excluding carboxylic acids is 1. The number of aromatic nitrogens is 1. The molecule has 0 radical (unpaired) electrons. The van der Waals surface area contributed by atoms with E-state index in [-0.39, 0.29) is 23.6 Å². The number of rotatable bonds is 4. The van der Waals surface area contributed by atoms with Gasteiger partial charge in [0.15, 0.2) is 0 Å². The highest BCUT2D eigenvalue weighted by Crippen LogP contribution is 2.40. The van der Waals surface area contributed by atoms with Gasteiger partial charge in [-0.25, -0.2) is 4.79 Å². The van der Waals surface area contributed by atoms with Crippen LogP contribution in [0.5, 0.6) is 0 Å². The summed E-state index contributed by atoms with van der Waals surface area (Å²) in [5.41, 5.74) is 0.752. The Morgan fingerprint density at radius 3 is 2.87 bits per heavy atom. The lowest BCUT2D eigenvalue weighted by molar-refractivity contribution is -0.141. The average Bonchev–Trinajstić information content (AvgIpc) is 3.18. The number of nitrogens with zero attached hydrogens (tertiary/aromatic N) is 2. The van der Waals surface area contributed by atoms with Crippen molar-refractivity contribution in [3.05, 3.63) is 17.5 Å². The average molecular weight is 320 g/mol. The Morgan fingerprint density at radius 2 is 2.17 bits per heavy atom. The van der Waals surface area contributed by atoms with Crippen LogP contribution >= 0.6 is 0 Å². The summed E-state index contributed by atoms with van der Waals surface area (Å²) >= 11 is 0. The Kier molecular flexibility index (Phi) is 4.41. The Labute approximate surface area is 135 Å². The summed E-state index contributed by atoms with van der Waals surface area (Å²) in [5, 5.41) is 13.5. The molecule has 1 saturated heterocycles. The van der Waals surface area contributed by atoms with Gasteiger partial charge in [-0.1, -0.05) is 31.8 Å². The fourth-order valence-electron chi connectivity index (χ4n) is 3.93. The maximum Gasteiger partial charge on any atom is 0.326 e. The van der Waals surface area contributed by atoms with Crippen LogP contribution in [0.1, 0.15) is 74.5 Å². The first-order valence-electron chi connectivity index (χ1n) is 8.55. The normalized spacial score (nSPS) is 28.4. The Bertz CT molecular complexity index is 597. The minimum absolute atomic E-state index is 0.0227.